The molecule has 1 heterocycles. The van der Waals surface area contributed by atoms with E-state index < -0.39 is 5.97 Å². The third-order valence-corrected chi connectivity index (χ3v) is 2.54. The van der Waals surface area contributed by atoms with Gasteiger partial charge in [0.05, 0.1) is 12.0 Å². The minimum absolute atomic E-state index is 0.160. The van der Waals surface area contributed by atoms with Gasteiger partial charge in [0.15, 0.2) is 0 Å². The largest absolute Gasteiger partial charge is 0.478 e. The average Bonchev–Trinajstić information content (AvgIpc) is 2.44. The molecule has 2 rings (SSSR count). The highest BCUT2D eigenvalue weighted by Gasteiger charge is 2.40. The van der Waals surface area contributed by atoms with Gasteiger partial charge in [0.1, 0.15) is 5.76 Å². The molecule has 0 bridgehead atoms. The van der Waals surface area contributed by atoms with E-state index in [4.69, 9.17) is 9.84 Å². The van der Waals surface area contributed by atoms with E-state index in [-0.39, 0.29) is 23.6 Å². The number of esters is 1. The molecular weight excluding hydrogens is 184 g/mol. The molecule has 0 spiro atoms. The standard InChI is InChI=1S/C10H10O4/c11-9(12)5-8-6-3-1-2-4-7(6)10(13)14-8/h1,3,5-7H,2,4H2,(H,11,12)/b8-5-. The van der Waals surface area contributed by atoms with E-state index in [1.807, 2.05) is 12.2 Å². The van der Waals surface area contributed by atoms with Gasteiger partial charge >= 0.3 is 11.9 Å². The van der Waals surface area contributed by atoms with Gasteiger partial charge in [0, 0.05) is 5.92 Å². The Kier molecular flexibility index (Phi) is 2.11. The van der Waals surface area contributed by atoms with E-state index in [0.29, 0.717) is 0 Å². The fourth-order valence-electron chi connectivity index (χ4n) is 1.90. The summed E-state index contributed by atoms with van der Waals surface area (Å²) in [5, 5.41) is 8.56. The number of cyclic esters (lactones) is 1. The van der Waals surface area contributed by atoms with Crippen molar-refractivity contribution in [2.24, 2.45) is 11.8 Å². The number of hydrogen-bond acceptors (Lipinski definition) is 3. The number of ether oxygens (including phenoxy) is 1. The molecule has 2 atom stereocenters. The number of aliphatic carboxylic acids is 1. The van der Waals surface area contributed by atoms with E-state index in [0.717, 1.165) is 18.9 Å². The summed E-state index contributed by atoms with van der Waals surface area (Å²) in [6.07, 6.45) is 6.39. The molecule has 0 aromatic heterocycles. The number of carbonyl (C=O) groups excluding carboxylic acids is 1. The maximum absolute atomic E-state index is 11.3. The molecule has 74 valence electrons. The second-order valence-corrected chi connectivity index (χ2v) is 3.44. The lowest BCUT2D eigenvalue weighted by Gasteiger charge is -2.14. The summed E-state index contributed by atoms with van der Waals surface area (Å²) in [4.78, 5) is 21.8. The van der Waals surface area contributed by atoms with Crippen LogP contribution >= 0.6 is 0 Å². The Bertz CT molecular complexity index is 340. The van der Waals surface area contributed by atoms with Crippen LogP contribution in [-0.4, -0.2) is 17.0 Å². The second-order valence-electron chi connectivity index (χ2n) is 3.44. The molecule has 1 saturated heterocycles. The molecule has 0 radical (unpaired) electrons. The highest BCUT2D eigenvalue weighted by atomic mass is 16.5. The number of carboxylic acids is 1. The van der Waals surface area contributed by atoms with E-state index in [1.54, 1.807) is 0 Å². The fourth-order valence-corrected chi connectivity index (χ4v) is 1.90. The third-order valence-electron chi connectivity index (χ3n) is 2.54. The van der Waals surface area contributed by atoms with Crippen molar-refractivity contribution in [3.05, 3.63) is 24.0 Å². The Labute approximate surface area is 80.9 Å². The quantitative estimate of drug-likeness (QED) is 0.385. The minimum Gasteiger partial charge on any atom is -0.478 e. The Hall–Kier alpha value is -1.58. The highest BCUT2D eigenvalue weighted by molar-refractivity contribution is 5.84. The Morgan fingerprint density at radius 3 is 3.14 bits per heavy atom. The normalized spacial score (nSPS) is 32.9. The van der Waals surface area contributed by atoms with Crippen LogP contribution in [0.4, 0.5) is 0 Å². The maximum atomic E-state index is 11.3. The van der Waals surface area contributed by atoms with Gasteiger partial charge in [-0.2, -0.15) is 0 Å². The SMILES string of the molecule is O=C(O)/C=C1\OC(=O)C2CCC=CC12. The van der Waals surface area contributed by atoms with Crippen molar-refractivity contribution in [3.63, 3.8) is 0 Å². The van der Waals surface area contributed by atoms with Crippen LogP contribution in [-0.2, 0) is 14.3 Å². The van der Waals surface area contributed by atoms with Gasteiger partial charge in [0.25, 0.3) is 0 Å². The van der Waals surface area contributed by atoms with Gasteiger partial charge in [0.2, 0.25) is 0 Å². The first-order valence-corrected chi connectivity index (χ1v) is 4.51. The van der Waals surface area contributed by atoms with Crippen LogP contribution in [0.3, 0.4) is 0 Å². The molecule has 4 heteroatoms. The highest BCUT2D eigenvalue weighted by Crippen LogP contribution is 2.38. The summed E-state index contributed by atoms with van der Waals surface area (Å²) in [5.41, 5.74) is 0. The van der Waals surface area contributed by atoms with Crippen LogP contribution in [0.15, 0.2) is 24.0 Å². The summed E-state index contributed by atoms with van der Waals surface area (Å²) >= 11 is 0. The molecule has 14 heavy (non-hydrogen) atoms. The van der Waals surface area contributed by atoms with Crippen LogP contribution in [0.5, 0.6) is 0 Å². The maximum Gasteiger partial charge on any atom is 0.331 e. The molecule has 0 saturated carbocycles. The van der Waals surface area contributed by atoms with Crippen LogP contribution in [0, 0.1) is 11.8 Å². The Morgan fingerprint density at radius 1 is 1.64 bits per heavy atom. The second kappa shape index (κ2) is 3.29. The lowest BCUT2D eigenvalue weighted by Crippen LogP contribution is -2.16. The first kappa shape index (κ1) is 8.99. The van der Waals surface area contributed by atoms with Crippen LogP contribution in [0.2, 0.25) is 0 Å². The summed E-state index contributed by atoms with van der Waals surface area (Å²) in [6.45, 7) is 0. The summed E-state index contributed by atoms with van der Waals surface area (Å²) in [6, 6.07) is 0. The van der Waals surface area contributed by atoms with Crippen molar-refractivity contribution in [1.82, 2.24) is 0 Å². The summed E-state index contributed by atoms with van der Waals surface area (Å²) in [7, 11) is 0. The molecule has 2 unspecified atom stereocenters. The van der Waals surface area contributed by atoms with E-state index in [9.17, 15) is 9.59 Å². The van der Waals surface area contributed by atoms with Crippen LogP contribution in [0.1, 0.15) is 12.8 Å². The molecule has 1 aliphatic carbocycles. The van der Waals surface area contributed by atoms with E-state index in [1.165, 1.54) is 0 Å². The van der Waals surface area contributed by atoms with Crippen molar-refractivity contribution in [2.45, 2.75) is 12.8 Å². The number of fused-ring (bicyclic) bond motifs is 1. The molecule has 0 aromatic rings. The van der Waals surface area contributed by atoms with Gasteiger partial charge < -0.3 is 9.84 Å². The topological polar surface area (TPSA) is 63.6 Å². The van der Waals surface area contributed by atoms with Gasteiger partial charge in [-0.3, -0.25) is 4.79 Å². The van der Waals surface area contributed by atoms with E-state index >= 15 is 0 Å². The molecule has 1 fully saturated rings. The fraction of sp³-hybridized carbons (Fsp3) is 0.400. The molecule has 0 aromatic carbocycles. The van der Waals surface area contributed by atoms with E-state index in [2.05, 4.69) is 0 Å². The van der Waals surface area contributed by atoms with Gasteiger partial charge in [-0.15, -0.1) is 0 Å². The molecular formula is C10H10O4. The first-order chi connectivity index (χ1) is 6.68. The Balaban J connectivity index is 2.30. The van der Waals surface area contributed by atoms with Crippen molar-refractivity contribution in [1.29, 1.82) is 0 Å². The number of carboxylic acid groups (broad SMARTS) is 1. The molecule has 2 aliphatic rings. The zero-order chi connectivity index (χ0) is 10.1. The molecule has 1 aliphatic heterocycles. The number of rotatable bonds is 1. The monoisotopic (exact) mass is 194 g/mol. The molecule has 4 nitrogen and oxygen atoms in total. The van der Waals surface area contributed by atoms with Crippen molar-refractivity contribution in [2.75, 3.05) is 0 Å². The third kappa shape index (κ3) is 1.43. The van der Waals surface area contributed by atoms with Crippen LogP contribution < -0.4 is 0 Å². The predicted molar refractivity (Wildman–Crippen MR) is 47.2 cm³/mol. The summed E-state index contributed by atoms with van der Waals surface area (Å²) < 4.78 is 4.91. The van der Waals surface area contributed by atoms with Gasteiger partial charge in [-0.25, -0.2) is 4.79 Å². The lowest BCUT2D eigenvalue weighted by molar-refractivity contribution is -0.139. The summed E-state index contributed by atoms with van der Waals surface area (Å²) in [5.74, 6) is -1.44. The smallest absolute Gasteiger partial charge is 0.331 e. The zero-order valence-electron chi connectivity index (χ0n) is 7.47. The molecule has 1 N–H and O–H groups in total. The van der Waals surface area contributed by atoms with Gasteiger partial charge in [-0.05, 0) is 12.8 Å². The lowest BCUT2D eigenvalue weighted by atomic mass is 9.85. The number of hydrogen-bond donors (Lipinski definition) is 1. The van der Waals surface area contributed by atoms with Crippen molar-refractivity contribution in [3.8, 4) is 0 Å². The predicted octanol–water partition coefficient (Wildman–Crippen LogP) is 1.09. The zero-order valence-corrected chi connectivity index (χ0v) is 7.47. The van der Waals surface area contributed by atoms with Crippen molar-refractivity contribution < 1.29 is 19.4 Å². The van der Waals surface area contributed by atoms with Gasteiger partial charge in [-0.1, -0.05) is 12.2 Å². The molecule has 0 amide bonds. The van der Waals surface area contributed by atoms with Crippen LogP contribution in [0.25, 0.3) is 0 Å². The average molecular weight is 194 g/mol. The van der Waals surface area contributed by atoms with Crippen molar-refractivity contribution >= 4 is 11.9 Å². The number of allylic oxidation sites excluding steroid dienone is 2. The number of carbonyl (C=O) groups is 2. The Morgan fingerprint density at radius 2 is 2.43 bits per heavy atom. The minimum atomic E-state index is -1.08. The first-order valence-electron chi connectivity index (χ1n) is 4.51.